The zero-order valence-electron chi connectivity index (χ0n) is 10.5. The fourth-order valence-corrected chi connectivity index (χ4v) is 2.61. The van der Waals surface area contributed by atoms with Crippen LogP contribution < -0.4 is 4.90 Å². The number of nitrogens with zero attached hydrogens (tertiary/aromatic N) is 1. The molecule has 19 heavy (non-hydrogen) atoms. The van der Waals surface area contributed by atoms with Gasteiger partial charge in [-0.1, -0.05) is 24.3 Å². The Morgan fingerprint density at radius 2 is 1.89 bits per heavy atom. The molecular weight excluding hydrogens is 241 g/mol. The molecule has 0 spiro atoms. The van der Waals surface area contributed by atoms with Crippen LogP contribution in [0.5, 0.6) is 0 Å². The fraction of sp³-hybridized carbons (Fsp3) is 0.188. The number of aldehydes is 1. The van der Waals surface area contributed by atoms with E-state index in [2.05, 4.69) is 17.0 Å². The standard InChI is InChI=1S/C16H14FNO/c17-15-5-6-16(14(9-15)11-19)18-8-7-12-3-1-2-4-13(12)10-18/h1-6,9,11H,7-8,10H2. The van der Waals surface area contributed by atoms with E-state index >= 15 is 0 Å². The number of rotatable bonds is 2. The first-order chi connectivity index (χ1) is 9.28. The first-order valence-corrected chi connectivity index (χ1v) is 6.34. The minimum Gasteiger partial charge on any atom is -0.366 e. The normalized spacial score (nSPS) is 14.1. The molecule has 2 aromatic carbocycles. The van der Waals surface area contributed by atoms with Gasteiger partial charge in [0.1, 0.15) is 5.82 Å². The summed E-state index contributed by atoms with van der Waals surface area (Å²) in [6.07, 6.45) is 1.67. The molecule has 3 heteroatoms. The summed E-state index contributed by atoms with van der Waals surface area (Å²) in [5.41, 5.74) is 3.86. The summed E-state index contributed by atoms with van der Waals surface area (Å²) in [5, 5.41) is 0. The molecule has 1 heterocycles. The highest BCUT2D eigenvalue weighted by Crippen LogP contribution is 2.27. The number of hydrogen-bond donors (Lipinski definition) is 0. The molecular formula is C16H14FNO. The Morgan fingerprint density at radius 1 is 1.11 bits per heavy atom. The molecule has 0 amide bonds. The molecule has 2 aromatic rings. The Labute approximate surface area is 111 Å². The highest BCUT2D eigenvalue weighted by atomic mass is 19.1. The van der Waals surface area contributed by atoms with Gasteiger partial charge in [-0.25, -0.2) is 4.39 Å². The van der Waals surface area contributed by atoms with Crippen LogP contribution >= 0.6 is 0 Å². The van der Waals surface area contributed by atoms with Crippen molar-refractivity contribution in [3.8, 4) is 0 Å². The quantitative estimate of drug-likeness (QED) is 0.768. The van der Waals surface area contributed by atoms with E-state index in [9.17, 15) is 9.18 Å². The second kappa shape index (κ2) is 4.84. The molecule has 0 atom stereocenters. The lowest BCUT2D eigenvalue weighted by molar-refractivity contribution is 0.112. The second-order valence-electron chi connectivity index (χ2n) is 4.76. The smallest absolute Gasteiger partial charge is 0.152 e. The average molecular weight is 255 g/mol. The third-order valence-corrected chi connectivity index (χ3v) is 3.59. The van der Waals surface area contributed by atoms with Crippen LogP contribution in [0, 0.1) is 5.82 Å². The number of fused-ring (bicyclic) bond motifs is 1. The maximum atomic E-state index is 13.2. The van der Waals surface area contributed by atoms with Crippen molar-refractivity contribution in [1.82, 2.24) is 0 Å². The molecule has 0 saturated carbocycles. The third kappa shape index (κ3) is 2.24. The first kappa shape index (κ1) is 11.9. The van der Waals surface area contributed by atoms with Crippen molar-refractivity contribution in [3.63, 3.8) is 0 Å². The summed E-state index contributed by atoms with van der Waals surface area (Å²) in [6, 6.07) is 12.7. The number of hydrogen-bond acceptors (Lipinski definition) is 2. The molecule has 0 unspecified atom stereocenters. The van der Waals surface area contributed by atoms with Crippen molar-refractivity contribution in [2.24, 2.45) is 0 Å². The van der Waals surface area contributed by atoms with Crippen LogP contribution in [0.3, 0.4) is 0 Å². The zero-order chi connectivity index (χ0) is 13.2. The van der Waals surface area contributed by atoms with Gasteiger partial charge in [0.15, 0.2) is 6.29 Å². The Kier molecular flexibility index (Phi) is 3.03. The predicted molar refractivity (Wildman–Crippen MR) is 73.0 cm³/mol. The molecule has 0 aliphatic carbocycles. The van der Waals surface area contributed by atoms with Crippen molar-refractivity contribution in [2.45, 2.75) is 13.0 Å². The highest BCUT2D eigenvalue weighted by molar-refractivity contribution is 5.84. The lowest BCUT2D eigenvalue weighted by Gasteiger charge is -2.31. The van der Waals surface area contributed by atoms with Gasteiger partial charge < -0.3 is 4.90 Å². The Hall–Kier alpha value is -2.16. The molecule has 3 rings (SSSR count). The van der Waals surface area contributed by atoms with E-state index in [1.165, 1.54) is 23.3 Å². The van der Waals surface area contributed by atoms with E-state index in [0.717, 1.165) is 31.5 Å². The largest absolute Gasteiger partial charge is 0.366 e. The van der Waals surface area contributed by atoms with Gasteiger partial charge in [-0.15, -0.1) is 0 Å². The Balaban J connectivity index is 1.95. The molecule has 0 aromatic heterocycles. The second-order valence-corrected chi connectivity index (χ2v) is 4.76. The van der Waals surface area contributed by atoms with E-state index in [4.69, 9.17) is 0 Å². The third-order valence-electron chi connectivity index (χ3n) is 3.59. The van der Waals surface area contributed by atoms with Gasteiger partial charge in [0.25, 0.3) is 0 Å². The zero-order valence-corrected chi connectivity index (χ0v) is 10.5. The van der Waals surface area contributed by atoms with Crippen LogP contribution in [-0.2, 0) is 13.0 Å². The summed E-state index contributed by atoms with van der Waals surface area (Å²) in [4.78, 5) is 13.2. The van der Waals surface area contributed by atoms with E-state index in [1.54, 1.807) is 6.07 Å². The fourth-order valence-electron chi connectivity index (χ4n) is 2.61. The van der Waals surface area contributed by atoms with E-state index in [0.29, 0.717) is 5.56 Å². The molecule has 0 radical (unpaired) electrons. The number of anilines is 1. The topological polar surface area (TPSA) is 20.3 Å². The van der Waals surface area contributed by atoms with Crippen LogP contribution in [0.15, 0.2) is 42.5 Å². The minimum atomic E-state index is -0.372. The summed E-state index contributed by atoms with van der Waals surface area (Å²) in [7, 11) is 0. The summed E-state index contributed by atoms with van der Waals surface area (Å²) < 4.78 is 13.2. The molecule has 96 valence electrons. The van der Waals surface area contributed by atoms with Crippen LogP contribution in [0.2, 0.25) is 0 Å². The Morgan fingerprint density at radius 3 is 2.68 bits per heavy atom. The van der Waals surface area contributed by atoms with E-state index in [-0.39, 0.29) is 5.82 Å². The first-order valence-electron chi connectivity index (χ1n) is 6.34. The number of halogens is 1. The molecule has 0 fully saturated rings. The van der Waals surface area contributed by atoms with Gasteiger partial charge in [-0.3, -0.25) is 4.79 Å². The van der Waals surface area contributed by atoms with Crippen molar-refractivity contribution in [1.29, 1.82) is 0 Å². The average Bonchev–Trinajstić information content (AvgIpc) is 2.46. The highest BCUT2D eigenvalue weighted by Gasteiger charge is 2.18. The summed E-state index contributed by atoms with van der Waals surface area (Å²) in [5.74, 6) is -0.372. The number of carbonyl (C=O) groups excluding carboxylic acids is 1. The lowest BCUT2D eigenvalue weighted by atomic mass is 9.99. The van der Waals surface area contributed by atoms with Gasteiger partial charge in [0, 0.05) is 24.3 Å². The molecule has 1 aliphatic heterocycles. The molecule has 0 bridgehead atoms. The van der Waals surface area contributed by atoms with Crippen LogP contribution in [0.1, 0.15) is 21.5 Å². The van der Waals surface area contributed by atoms with Gasteiger partial charge >= 0.3 is 0 Å². The van der Waals surface area contributed by atoms with E-state index < -0.39 is 0 Å². The molecule has 1 aliphatic rings. The van der Waals surface area contributed by atoms with Gasteiger partial charge in [0.05, 0.1) is 0 Å². The van der Waals surface area contributed by atoms with Crippen molar-refractivity contribution >= 4 is 12.0 Å². The maximum Gasteiger partial charge on any atom is 0.152 e. The molecule has 0 saturated heterocycles. The van der Waals surface area contributed by atoms with Gasteiger partial charge in [-0.2, -0.15) is 0 Å². The monoisotopic (exact) mass is 255 g/mol. The van der Waals surface area contributed by atoms with Crippen LogP contribution in [0.4, 0.5) is 10.1 Å². The van der Waals surface area contributed by atoms with Crippen molar-refractivity contribution in [2.75, 3.05) is 11.4 Å². The maximum absolute atomic E-state index is 13.2. The van der Waals surface area contributed by atoms with Crippen molar-refractivity contribution < 1.29 is 9.18 Å². The van der Waals surface area contributed by atoms with Gasteiger partial charge in [0.2, 0.25) is 0 Å². The Bertz CT molecular complexity index is 624. The lowest BCUT2D eigenvalue weighted by Crippen LogP contribution is -2.31. The van der Waals surface area contributed by atoms with E-state index in [1.807, 2.05) is 12.1 Å². The van der Waals surface area contributed by atoms with Gasteiger partial charge in [-0.05, 0) is 35.7 Å². The summed E-state index contributed by atoms with van der Waals surface area (Å²) in [6.45, 7) is 1.62. The number of benzene rings is 2. The predicted octanol–water partition coefficient (Wildman–Crippen LogP) is 3.20. The summed E-state index contributed by atoms with van der Waals surface area (Å²) >= 11 is 0. The minimum absolute atomic E-state index is 0.372. The van der Waals surface area contributed by atoms with Crippen LogP contribution in [-0.4, -0.2) is 12.8 Å². The number of carbonyl (C=O) groups is 1. The SMILES string of the molecule is O=Cc1cc(F)ccc1N1CCc2ccccc2C1. The van der Waals surface area contributed by atoms with Crippen molar-refractivity contribution in [3.05, 3.63) is 65.0 Å². The molecule has 2 nitrogen and oxygen atoms in total. The molecule has 0 N–H and O–H groups in total. The van der Waals surface area contributed by atoms with Crippen LogP contribution in [0.25, 0.3) is 0 Å².